The van der Waals surface area contributed by atoms with Crippen LogP contribution in [0.1, 0.15) is 162 Å². The third-order valence-corrected chi connectivity index (χ3v) is 31.0. The Bertz CT molecular complexity index is 872. The third-order valence-electron chi connectivity index (χ3n) is 9.20. The number of hydrogen-bond donors (Lipinski definition) is 0. The van der Waals surface area contributed by atoms with E-state index in [1.165, 1.54) is 51.4 Å². The number of rotatable bonds is 16. The molecule has 0 aromatic carbocycles. The summed E-state index contributed by atoms with van der Waals surface area (Å²) in [5, 5.41) is 0. The minimum Gasteiger partial charge on any atom is -0.639 e. The molecule has 0 bridgehead atoms. The molecule has 4 saturated heterocycles. The zero-order chi connectivity index (χ0) is 53.9. The predicted molar refractivity (Wildman–Crippen MR) is 347 cm³/mol. The second-order valence-corrected chi connectivity index (χ2v) is 56.5. The second-order valence-electron chi connectivity index (χ2n) is 24.6. The van der Waals surface area contributed by atoms with E-state index in [0.29, 0.717) is 0 Å². The molecule has 4 heterocycles. The maximum atomic E-state index is 5.01. The zero-order valence-electron chi connectivity index (χ0n) is 52.6. The Morgan fingerprint density at radius 2 is 0.343 bits per heavy atom. The number of ether oxygens (including phenoxy) is 4. The molecule has 0 saturated carbocycles. The van der Waals surface area contributed by atoms with E-state index < -0.39 is 32.9 Å². The van der Waals surface area contributed by atoms with Crippen LogP contribution in [0.5, 0.6) is 0 Å². The van der Waals surface area contributed by atoms with Crippen LogP contribution < -0.4 is 0 Å². The molecule has 4 aliphatic rings. The van der Waals surface area contributed by atoms with Crippen LogP contribution in [0.2, 0.25) is 78.6 Å². The van der Waals surface area contributed by atoms with E-state index in [0.717, 1.165) is 98.1 Å². The molecule has 0 N–H and O–H groups in total. The maximum Gasteiger partial charge on any atom is 2.00 e. The van der Waals surface area contributed by atoms with Crippen molar-refractivity contribution in [3.05, 3.63) is 19.0 Å². The summed E-state index contributed by atoms with van der Waals surface area (Å²) in [6, 6.07) is 0. The zero-order valence-corrected chi connectivity index (χ0v) is 67.1. The van der Waals surface area contributed by atoms with Crippen molar-refractivity contribution in [2.45, 2.75) is 286 Å². The summed E-state index contributed by atoms with van der Waals surface area (Å²) in [6.45, 7) is 72.7. The average Bonchev–Trinajstić information content (AvgIpc) is 4.03. The van der Waals surface area contributed by atoms with Crippen LogP contribution in [0.15, 0.2) is 0 Å². The average molecular weight is 1280 g/mol. The van der Waals surface area contributed by atoms with Gasteiger partial charge in [-0.25, -0.2) is 32.3 Å². The van der Waals surface area contributed by atoms with Crippen molar-refractivity contribution in [2.75, 3.05) is 52.9 Å². The summed E-state index contributed by atoms with van der Waals surface area (Å²) in [7, 11) is -5.09. The number of nitrogens with zero attached hydrogens (tertiary/aromatic N) is 4. The first-order valence-corrected chi connectivity index (χ1v) is 46.8. The van der Waals surface area contributed by atoms with Crippen LogP contribution in [0.4, 0.5) is 0 Å². The van der Waals surface area contributed by atoms with Gasteiger partial charge in [0.15, 0.2) is 0 Å². The SMILES string of the molecule is C1CCOC1.C1CCOC1.C1CCOC1.C1CCOC1.CC(C)P([N-][Si](C)(C)C)C(C)C.CC(C)P([N-][Si](C)(C)C)C(C)C.CC(C)P([N-][Si](C)(C)C)C(C)C.CC(C)P([N-][Si](C)(C)C)C(C)C.[Sr+2].[Sr+2]. The van der Waals surface area contributed by atoms with Crippen molar-refractivity contribution in [1.29, 1.82) is 0 Å². The van der Waals surface area contributed by atoms with E-state index in [2.05, 4.69) is 189 Å². The van der Waals surface area contributed by atoms with Gasteiger partial charge >= 0.3 is 91.0 Å². The Morgan fingerprint density at radius 1 is 0.243 bits per heavy atom. The van der Waals surface area contributed by atoms with Gasteiger partial charge in [0, 0.05) is 52.9 Å². The Labute approximate surface area is 526 Å². The van der Waals surface area contributed by atoms with Gasteiger partial charge in [0.1, 0.15) is 0 Å². The van der Waals surface area contributed by atoms with Crippen molar-refractivity contribution in [2.24, 2.45) is 0 Å². The second kappa shape index (κ2) is 50.0. The van der Waals surface area contributed by atoms with Crippen LogP contribution in [-0.4, -0.2) is 222 Å². The molecule has 4 fully saturated rings. The molecule has 0 radical (unpaired) electrons. The van der Waals surface area contributed by atoms with Crippen molar-refractivity contribution in [3.63, 3.8) is 0 Å². The molecule has 18 heteroatoms. The molecule has 8 nitrogen and oxygen atoms in total. The number of hydrogen-bond acceptors (Lipinski definition) is 4. The summed E-state index contributed by atoms with van der Waals surface area (Å²) in [4.78, 5) is 0. The largest absolute Gasteiger partial charge is 2.00 e. The van der Waals surface area contributed by atoms with Gasteiger partial charge in [0.2, 0.25) is 0 Å². The van der Waals surface area contributed by atoms with E-state index >= 15 is 0 Å². The summed E-state index contributed by atoms with van der Waals surface area (Å²) in [5.74, 6) is 0. The van der Waals surface area contributed by atoms with Gasteiger partial charge in [-0.05, 0) is 96.6 Å². The van der Waals surface area contributed by atoms with Gasteiger partial charge < -0.3 is 38.0 Å². The van der Waals surface area contributed by atoms with Crippen molar-refractivity contribution >= 4 is 156 Å². The molecule has 0 aromatic rings. The van der Waals surface area contributed by atoms with Gasteiger partial charge in [-0.3, -0.25) is 0 Å². The van der Waals surface area contributed by atoms with Crippen LogP contribution in [0.3, 0.4) is 0 Å². The first-order chi connectivity index (χ1) is 31.0. The first kappa shape index (κ1) is 86.5. The van der Waals surface area contributed by atoms with Crippen LogP contribution in [0.25, 0.3) is 19.0 Å². The molecular weight excluding hydrogens is 1160 g/mol. The smallest absolute Gasteiger partial charge is 0.639 e. The fourth-order valence-electron chi connectivity index (χ4n) is 6.74. The Kier molecular flexibility index (Phi) is 61.8. The summed E-state index contributed by atoms with van der Waals surface area (Å²) >= 11 is 0. The maximum absolute atomic E-state index is 5.01. The molecule has 416 valence electrons. The van der Waals surface area contributed by atoms with Gasteiger partial charge in [0.25, 0.3) is 0 Å². The van der Waals surface area contributed by atoms with Crippen molar-refractivity contribution < 1.29 is 18.9 Å². The fourth-order valence-corrected chi connectivity index (χ4v) is 30.0. The third kappa shape index (κ3) is 64.1. The van der Waals surface area contributed by atoms with Gasteiger partial charge in [-0.15, -0.1) is 0 Å². The molecule has 0 amide bonds. The van der Waals surface area contributed by atoms with Gasteiger partial charge in [-0.2, -0.15) is 0 Å². The van der Waals surface area contributed by atoms with Crippen molar-refractivity contribution in [3.8, 4) is 0 Å². The van der Waals surface area contributed by atoms with E-state index in [4.69, 9.17) is 38.0 Å². The van der Waals surface area contributed by atoms with Crippen LogP contribution in [0, 0.1) is 0 Å². The Morgan fingerprint density at radius 3 is 0.371 bits per heavy atom. The fraction of sp³-hybridized carbons (Fsp3) is 1.00. The quantitative estimate of drug-likeness (QED) is 0.114. The first-order valence-electron chi connectivity index (χ1n) is 27.3. The van der Waals surface area contributed by atoms with E-state index in [9.17, 15) is 0 Å². The Balaban J connectivity index is -0.000000171. The minimum absolute atomic E-state index is 0. The molecule has 70 heavy (non-hydrogen) atoms. The Hall–Kier alpha value is 5.23. The van der Waals surface area contributed by atoms with E-state index in [1.54, 1.807) is 0 Å². The molecule has 0 aromatic heterocycles. The molecular formula is C52H124N4O4P4Si4Sr2. The summed E-state index contributed by atoms with van der Waals surface area (Å²) in [6.07, 6.45) is 10.2. The predicted octanol–water partition coefficient (Wildman–Crippen LogP) is 20.1. The monoisotopic (exact) mass is 1280 g/mol. The molecule has 0 aliphatic carbocycles. The van der Waals surface area contributed by atoms with Gasteiger partial charge in [-0.1, -0.05) is 222 Å². The van der Waals surface area contributed by atoms with E-state index in [1.807, 2.05) is 0 Å². The summed E-state index contributed by atoms with van der Waals surface area (Å²) in [5.41, 5.74) is 6.05. The molecule has 0 atom stereocenters. The van der Waals surface area contributed by atoms with Crippen molar-refractivity contribution in [1.82, 2.24) is 0 Å². The molecule has 0 unspecified atom stereocenters. The standard InChI is InChI=1S/4C9H23NPSi.4C4H8O.2Sr/c4*1-8(2)11(9(3)4)10-12(5,6)7;4*1-2-4-5-3-1;;/h4*8-9H,1-7H3;4*1-4H2;;/q4*-1;;;;;2*+2. The normalized spacial score (nSPS) is 16.1. The van der Waals surface area contributed by atoms with Crippen LogP contribution >= 0.6 is 32.3 Å². The van der Waals surface area contributed by atoms with Crippen LogP contribution in [-0.2, 0) is 18.9 Å². The van der Waals surface area contributed by atoms with E-state index in [-0.39, 0.29) is 123 Å². The van der Waals surface area contributed by atoms with Gasteiger partial charge in [0.05, 0.1) is 0 Å². The molecule has 0 spiro atoms. The molecule has 4 rings (SSSR count). The molecule has 4 aliphatic heterocycles. The topological polar surface area (TPSA) is 93.3 Å². The minimum atomic E-state index is -1.19. The summed E-state index contributed by atoms with van der Waals surface area (Å²) < 4.78 is 39.8.